The number of hydrogen-bond acceptors (Lipinski definition) is 5. The van der Waals surface area contributed by atoms with Crippen molar-refractivity contribution in [2.24, 2.45) is 0 Å². The summed E-state index contributed by atoms with van der Waals surface area (Å²) in [6.45, 7) is 0. The monoisotopic (exact) mass is 250 g/mol. The minimum absolute atomic E-state index is 0.300. The molecule has 0 atom stereocenters. The fraction of sp³-hybridized carbons (Fsp3) is 0. The van der Waals surface area contributed by atoms with Crippen LogP contribution in [0.2, 0.25) is 0 Å². The molecule has 0 aliphatic rings. The molecule has 0 heterocycles. The van der Waals surface area contributed by atoms with Crippen LogP contribution in [0.25, 0.3) is 0 Å². The van der Waals surface area contributed by atoms with E-state index in [-0.39, 0.29) is 0 Å². The van der Waals surface area contributed by atoms with Crippen molar-refractivity contribution in [2.45, 2.75) is 0 Å². The van der Waals surface area contributed by atoms with E-state index in [1.165, 1.54) is 0 Å². The quantitative estimate of drug-likeness (QED) is 0.424. The van der Waals surface area contributed by atoms with Gasteiger partial charge in [0.1, 0.15) is 0 Å². The topological polar surface area (TPSA) is 97.3 Å². The molecule has 0 fully saturated rings. The third-order valence-corrected chi connectivity index (χ3v) is 0. The van der Waals surface area contributed by atoms with Crippen LogP contribution in [-0.2, 0) is 35.2 Å². The molecule has 0 aliphatic heterocycles. The normalized spacial score (nSPS) is 9.14. The van der Waals surface area contributed by atoms with E-state index in [9.17, 15) is 0 Å². The first-order valence-corrected chi connectivity index (χ1v) is 4.67. The number of hydrogen-bond donors (Lipinski definition) is 0. The standard InChI is InChI=1S/H2O4Se.O.Zr/c1-5(2,3)4;;/h(H2,1,2,3,4);;/q;;+2/p-2. The van der Waals surface area contributed by atoms with Gasteiger partial charge in [-0.25, -0.2) is 0 Å². The van der Waals surface area contributed by atoms with Gasteiger partial charge in [0, 0.05) is 0 Å². The predicted octanol–water partition coefficient (Wildman–Crippen LogP) is -3.12. The van der Waals surface area contributed by atoms with Crippen molar-refractivity contribution in [1.29, 1.82) is 0 Å². The van der Waals surface area contributed by atoms with Crippen LogP contribution in [0.5, 0.6) is 0 Å². The Labute approximate surface area is 56.9 Å². The molecule has 0 aromatic heterocycles. The summed E-state index contributed by atoms with van der Waals surface area (Å²) in [6, 6.07) is 0. The van der Waals surface area contributed by atoms with Gasteiger partial charge in [-0.2, -0.15) is 0 Å². The molecular formula is O5SeZr. The van der Waals surface area contributed by atoms with Crippen molar-refractivity contribution >= 4 is 13.4 Å². The second-order valence-corrected chi connectivity index (χ2v) is 2.12. The van der Waals surface area contributed by atoms with Gasteiger partial charge in [-0.05, 0) is 0 Å². The molecule has 40 valence electrons. The van der Waals surface area contributed by atoms with Crippen LogP contribution in [0.4, 0.5) is 0 Å². The van der Waals surface area contributed by atoms with Gasteiger partial charge in [0.15, 0.2) is 0 Å². The zero-order valence-electron chi connectivity index (χ0n) is 2.95. The summed E-state index contributed by atoms with van der Waals surface area (Å²) >= 11 is -5.45. The van der Waals surface area contributed by atoms with Gasteiger partial charge in [0.05, 0.1) is 0 Å². The first-order valence-electron chi connectivity index (χ1n) is 0.871. The summed E-state index contributed by atoms with van der Waals surface area (Å²) in [5, 5.41) is 0. The molecule has 0 saturated carbocycles. The van der Waals surface area contributed by atoms with Gasteiger partial charge in [-0.1, -0.05) is 0 Å². The molecule has 5 nitrogen and oxygen atoms in total. The van der Waals surface area contributed by atoms with Crippen molar-refractivity contribution in [3.8, 4) is 0 Å². The average molecular weight is 250 g/mol. The molecular weight excluding hydrogens is 250 g/mol. The second kappa shape index (κ2) is 4.87. The van der Waals surface area contributed by atoms with Crippen molar-refractivity contribution in [3.63, 3.8) is 0 Å². The Morgan fingerprint density at radius 3 is 1.14 bits per heavy atom. The fourth-order valence-electron chi connectivity index (χ4n) is 0. The van der Waals surface area contributed by atoms with Gasteiger partial charge < -0.3 is 0 Å². The van der Waals surface area contributed by atoms with E-state index in [0.29, 0.717) is 24.7 Å². The summed E-state index contributed by atoms with van der Waals surface area (Å²) in [6.07, 6.45) is 0. The van der Waals surface area contributed by atoms with Crippen LogP contribution >= 0.6 is 0 Å². The Morgan fingerprint density at radius 1 is 1.14 bits per heavy atom. The maximum atomic E-state index is 8.59. The summed E-state index contributed by atoms with van der Waals surface area (Å²) in [5.41, 5.74) is 0. The molecule has 0 unspecified atom stereocenters. The average Bonchev–Trinajstić information content (AvgIpc) is 1.36. The zero-order chi connectivity index (χ0) is 6.50. The maximum absolute atomic E-state index is 8.59. The molecule has 0 bridgehead atoms. The van der Waals surface area contributed by atoms with Crippen LogP contribution in [-0.4, -0.2) is 13.4 Å². The Morgan fingerprint density at radius 2 is 1.14 bits per heavy atom. The third-order valence-electron chi connectivity index (χ3n) is 0. The Hall–Kier alpha value is 0.723. The third kappa shape index (κ3) is 287. The molecule has 0 N–H and O–H groups in total. The van der Waals surface area contributed by atoms with Gasteiger partial charge in [-0.3, -0.25) is 0 Å². The first kappa shape index (κ1) is 10.7. The van der Waals surface area contributed by atoms with Crippen LogP contribution in [0.15, 0.2) is 0 Å². The van der Waals surface area contributed by atoms with E-state index in [1.807, 2.05) is 0 Å². The molecule has 0 amide bonds. The molecule has 0 rings (SSSR count). The van der Waals surface area contributed by atoms with Gasteiger partial charge in [0.2, 0.25) is 0 Å². The number of rotatable bonds is 0. The summed E-state index contributed by atoms with van der Waals surface area (Å²) in [7, 11) is 0. The van der Waals surface area contributed by atoms with Crippen molar-refractivity contribution in [1.82, 2.24) is 0 Å². The van der Waals surface area contributed by atoms with E-state index < -0.39 is 13.4 Å². The Balaban J connectivity index is 0. The van der Waals surface area contributed by atoms with Gasteiger partial charge >= 0.3 is 57.0 Å². The van der Waals surface area contributed by atoms with Crippen LogP contribution in [0.1, 0.15) is 0 Å². The SMILES string of the molecule is O=[Se](=O)([O-])[O-].[O]=[Zr+2]. The Kier molecular flexibility index (Phi) is 7.42. The molecule has 0 aromatic rings. The van der Waals surface area contributed by atoms with Crippen LogP contribution in [0, 0.1) is 0 Å². The van der Waals surface area contributed by atoms with E-state index in [0.717, 1.165) is 0 Å². The predicted molar refractivity (Wildman–Crippen MR) is 7.81 cm³/mol. The zero-order valence-corrected chi connectivity index (χ0v) is 7.12. The van der Waals surface area contributed by atoms with E-state index in [1.54, 1.807) is 0 Å². The molecule has 0 saturated heterocycles. The second-order valence-electron chi connectivity index (χ2n) is 0.408. The van der Waals surface area contributed by atoms with Crippen molar-refractivity contribution < 1.29 is 43.6 Å². The molecule has 0 radical (unpaired) electrons. The fourth-order valence-corrected chi connectivity index (χ4v) is 0. The molecule has 0 aliphatic carbocycles. The molecule has 7 heavy (non-hydrogen) atoms. The first-order chi connectivity index (χ1) is 3.00. The summed E-state index contributed by atoms with van der Waals surface area (Å²) in [4.78, 5) is 0. The van der Waals surface area contributed by atoms with Crippen LogP contribution < -0.4 is 8.38 Å². The summed E-state index contributed by atoms with van der Waals surface area (Å²) in [5.74, 6) is 0. The summed E-state index contributed by atoms with van der Waals surface area (Å²) < 4.78 is 42.7. The van der Waals surface area contributed by atoms with E-state index >= 15 is 0 Å². The Bertz CT molecular complexity index is 102. The van der Waals surface area contributed by atoms with Crippen molar-refractivity contribution in [3.05, 3.63) is 0 Å². The molecule has 7 heteroatoms. The minimum atomic E-state index is -5.75. The van der Waals surface area contributed by atoms with Gasteiger partial charge in [0.25, 0.3) is 0 Å². The molecule has 0 aromatic carbocycles. The van der Waals surface area contributed by atoms with E-state index in [4.69, 9.17) is 18.9 Å². The van der Waals surface area contributed by atoms with Crippen molar-refractivity contribution in [2.75, 3.05) is 0 Å². The van der Waals surface area contributed by atoms with E-state index in [2.05, 4.69) is 0 Å². The van der Waals surface area contributed by atoms with Crippen LogP contribution in [0.3, 0.4) is 0 Å². The van der Waals surface area contributed by atoms with Gasteiger partial charge in [-0.15, -0.1) is 0 Å². The molecule has 0 spiro atoms.